The third-order valence-electron chi connectivity index (χ3n) is 4.36. The van der Waals surface area contributed by atoms with Crippen LogP contribution in [-0.4, -0.2) is 16.4 Å². The van der Waals surface area contributed by atoms with Crippen molar-refractivity contribution >= 4 is 23.6 Å². The maximum Gasteiger partial charge on any atom is 0.331 e. The molecule has 26 heavy (non-hydrogen) atoms. The maximum atomic E-state index is 11.1. The molecule has 0 heterocycles. The summed E-state index contributed by atoms with van der Waals surface area (Å²) < 4.78 is 0. The molecule has 0 amide bonds. The summed E-state index contributed by atoms with van der Waals surface area (Å²) in [7, 11) is 0. The standard InChI is InChI=1S/C23H38O2S/c1-2-3-4-5-6-7-8-9-10-11-12-13-14-15-16-17-19-22(23(24)25)20-18-21-26/h3-4,6-7,19,21H,2,5,8-18,20H2,1H3,(H,24,25)/b4-3-,7-6-,22-19-. The van der Waals surface area contributed by atoms with Crippen LogP contribution in [0.1, 0.15) is 96.8 Å². The van der Waals surface area contributed by atoms with Gasteiger partial charge in [-0.05, 0) is 56.7 Å². The molecule has 0 aliphatic carbocycles. The van der Waals surface area contributed by atoms with E-state index in [0.29, 0.717) is 18.4 Å². The van der Waals surface area contributed by atoms with Gasteiger partial charge in [-0.2, -0.15) is 0 Å². The van der Waals surface area contributed by atoms with Crippen LogP contribution >= 0.6 is 12.2 Å². The third kappa shape index (κ3) is 17.6. The Balaban J connectivity index is 3.44. The molecule has 0 aliphatic rings. The lowest BCUT2D eigenvalue weighted by Gasteiger charge is -2.02. The van der Waals surface area contributed by atoms with Crippen LogP contribution in [0.2, 0.25) is 0 Å². The van der Waals surface area contributed by atoms with Gasteiger partial charge in [0.1, 0.15) is 0 Å². The van der Waals surface area contributed by atoms with E-state index in [1.165, 1.54) is 51.4 Å². The minimum Gasteiger partial charge on any atom is -0.478 e. The molecule has 0 radical (unpaired) electrons. The van der Waals surface area contributed by atoms with Crippen LogP contribution in [0, 0.1) is 0 Å². The van der Waals surface area contributed by atoms with Crippen LogP contribution in [-0.2, 0) is 4.79 Å². The molecular weight excluding hydrogens is 340 g/mol. The smallest absolute Gasteiger partial charge is 0.331 e. The SMILES string of the molecule is CC/C=C\C/C=C\CCCCCCCCCC/C=C(/CCC=S)C(=O)O. The normalized spacial score (nSPS) is 12.3. The maximum absolute atomic E-state index is 11.1. The van der Waals surface area contributed by atoms with Gasteiger partial charge in [-0.1, -0.05) is 88.0 Å². The number of rotatable bonds is 18. The predicted molar refractivity (Wildman–Crippen MR) is 118 cm³/mol. The Morgan fingerprint density at radius 2 is 1.38 bits per heavy atom. The highest BCUT2D eigenvalue weighted by atomic mass is 32.1. The first-order valence-corrected chi connectivity index (χ1v) is 10.9. The zero-order chi connectivity index (χ0) is 19.3. The number of carbonyl (C=O) groups is 1. The second-order valence-corrected chi connectivity index (χ2v) is 7.07. The molecule has 3 heteroatoms. The lowest BCUT2D eigenvalue weighted by atomic mass is 10.0. The van der Waals surface area contributed by atoms with Gasteiger partial charge < -0.3 is 5.11 Å². The Labute approximate surface area is 166 Å². The summed E-state index contributed by atoms with van der Waals surface area (Å²) in [5, 5.41) is 10.7. The molecule has 0 aromatic carbocycles. The fraction of sp³-hybridized carbons (Fsp3) is 0.652. The third-order valence-corrected chi connectivity index (χ3v) is 4.60. The van der Waals surface area contributed by atoms with E-state index in [2.05, 4.69) is 31.2 Å². The average molecular weight is 379 g/mol. The van der Waals surface area contributed by atoms with Crippen molar-refractivity contribution in [2.75, 3.05) is 0 Å². The molecule has 0 aromatic heterocycles. The summed E-state index contributed by atoms with van der Waals surface area (Å²) >= 11 is 4.76. The first-order chi connectivity index (χ1) is 12.7. The molecule has 0 saturated carbocycles. The predicted octanol–water partition coefficient (Wildman–Crippen LogP) is 7.59. The van der Waals surface area contributed by atoms with E-state index in [0.717, 1.165) is 25.7 Å². The summed E-state index contributed by atoms with van der Waals surface area (Å²) in [5.74, 6) is -0.797. The molecule has 0 aliphatic heterocycles. The van der Waals surface area contributed by atoms with Crippen molar-refractivity contribution in [2.24, 2.45) is 0 Å². The first kappa shape index (κ1) is 24.8. The van der Waals surface area contributed by atoms with Crippen LogP contribution in [0.15, 0.2) is 36.0 Å². The molecule has 0 atom stereocenters. The zero-order valence-electron chi connectivity index (χ0n) is 16.6. The fourth-order valence-electron chi connectivity index (χ4n) is 2.81. The molecular formula is C23H38O2S. The Morgan fingerprint density at radius 3 is 1.96 bits per heavy atom. The minimum atomic E-state index is -0.797. The van der Waals surface area contributed by atoms with Gasteiger partial charge in [-0.15, -0.1) is 0 Å². The Bertz CT molecular complexity index is 435. The molecule has 0 fully saturated rings. The molecule has 0 bridgehead atoms. The number of carboxylic acid groups (broad SMARTS) is 1. The van der Waals surface area contributed by atoms with E-state index < -0.39 is 5.97 Å². The summed E-state index contributed by atoms with van der Waals surface area (Å²) in [4.78, 5) is 11.1. The van der Waals surface area contributed by atoms with Crippen molar-refractivity contribution in [3.05, 3.63) is 36.0 Å². The van der Waals surface area contributed by atoms with E-state index in [4.69, 9.17) is 17.3 Å². The number of unbranched alkanes of at least 4 members (excludes halogenated alkanes) is 9. The molecule has 0 saturated heterocycles. The number of hydrogen-bond donors (Lipinski definition) is 1. The summed E-state index contributed by atoms with van der Waals surface area (Å²) in [6.45, 7) is 2.16. The zero-order valence-corrected chi connectivity index (χ0v) is 17.4. The second-order valence-electron chi connectivity index (χ2n) is 6.73. The van der Waals surface area contributed by atoms with Crippen molar-refractivity contribution in [3.63, 3.8) is 0 Å². The Kier molecular flexibility index (Phi) is 19.2. The Morgan fingerprint density at radius 1 is 0.808 bits per heavy atom. The fourth-order valence-corrected chi connectivity index (χ4v) is 2.93. The highest BCUT2D eigenvalue weighted by Crippen LogP contribution is 2.13. The highest BCUT2D eigenvalue weighted by Gasteiger charge is 2.05. The van der Waals surface area contributed by atoms with Gasteiger partial charge in [0.2, 0.25) is 0 Å². The Hall–Kier alpha value is -1.22. The lowest BCUT2D eigenvalue weighted by molar-refractivity contribution is -0.132. The van der Waals surface area contributed by atoms with Gasteiger partial charge in [0.25, 0.3) is 0 Å². The van der Waals surface area contributed by atoms with Crippen molar-refractivity contribution < 1.29 is 9.90 Å². The lowest BCUT2D eigenvalue weighted by Crippen LogP contribution is -2.00. The number of thiocarbonyl (C=S) groups is 1. The number of allylic oxidation sites excluding steroid dienone is 5. The van der Waals surface area contributed by atoms with Crippen LogP contribution < -0.4 is 0 Å². The van der Waals surface area contributed by atoms with Crippen molar-refractivity contribution in [1.29, 1.82) is 0 Å². The van der Waals surface area contributed by atoms with Gasteiger partial charge in [0.15, 0.2) is 0 Å². The average Bonchev–Trinajstić information content (AvgIpc) is 2.63. The van der Waals surface area contributed by atoms with Crippen molar-refractivity contribution in [2.45, 2.75) is 96.8 Å². The van der Waals surface area contributed by atoms with Crippen LogP contribution in [0.5, 0.6) is 0 Å². The largest absolute Gasteiger partial charge is 0.478 e. The number of aliphatic carboxylic acids is 1. The van der Waals surface area contributed by atoms with Gasteiger partial charge in [0, 0.05) is 5.57 Å². The van der Waals surface area contributed by atoms with E-state index in [1.807, 2.05) is 6.08 Å². The summed E-state index contributed by atoms with van der Waals surface area (Å²) in [6, 6.07) is 0. The number of hydrogen-bond acceptors (Lipinski definition) is 2. The van der Waals surface area contributed by atoms with Crippen LogP contribution in [0.3, 0.4) is 0 Å². The van der Waals surface area contributed by atoms with E-state index in [9.17, 15) is 4.79 Å². The molecule has 0 rings (SSSR count). The van der Waals surface area contributed by atoms with Crippen molar-refractivity contribution in [1.82, 2.24) is 0 Å². The van der Waals surface area contributed by atoms with Crippen LogP contribution in [0.4, 0.5) is 0 Å². The monoisotopic (exact) mass is 378 g/mol. The quantitative estimate of drug-likeness (QED) is 0.115. The molecule has 0 unspecified atom stereocenters. The molecule has 148 valence electrons. The van der Waals surface area contributed by atoms with Crippen LogP contribution in [0.25, 0.3) is 0 Å². The first-order valence-electron chi connectivity index (χ1n) is 10.4. The van der Waals surface area contributed by atoms with E-state index in [-0.39, 0.29) is 0 Å². The highest BCUT2D eigenvalue weighted by molar-refractivity contribution is 7.78. The van der Waals surface area contributed by atoms with Gasteiger partial charge >= 0.3 is 5.97 Å². The van der Waals surface area contributed by atoms with E-state index in [1.54, 1.807) is 5.37 Å². The number of carboxylic acids is 1. The minimum absolute atomic E-state index is 0.515. The topological polar surface area (TPSA) is 37.3 Å². The second kappa shape index (κ2) is 20.1. The van der Waals surface area contributed by atoms with E-state index >= 15 is 0 Å². The molecule has 1 N–H and O–H groups in total. The molecule has 2 nitrogen and oxygen atoms in total. The van der Waals surface area contributed by atoms with Gasteiger partial charge in [-0.25, -0.2) is 4.79 Å². The van der Waals surface area contributed by atoms with Gasteiger partial charge in [-0.3, -0.25) is 0 Å². The van der Waals surface area contributed by atoms with Gasteiger partial charge in [0.05, 0.1) is 0 Å². The summed E-state index contributed by atoms with van der Waals surface area (Å²) in [6.07, 6.45) is 26.6. The summed E-state index contributed by atoms with van der Waals surface area (Å²) in [5.41, 5.74) is 0.515. The van der Waals surface area contributed by atoms with Crippen molar-refractivity contribution in [3.8, 4) is 0 Å². The molecule has 0 spiro atoms. The molecule has 0 aromatic rings.